The van der Waals surface area contributed by atoms with Crippen molar-refractivity contribution in [1.29, 1.82) is 0 Å². The summed E-state index contributed by atoms with van der Waals surface area (Å²) in [4.78, 5) is 16.5. The number of hydrogen-bond donors (Lipinski definition) is 2. The number of benzene rings is 1. The molecule has 4 aromatic rings. The van der Waals surface area contributed by atoms with Crippen molar-refractivity contribution in [2.45, 2.75) is 6.54 Å². The molecule has 3 aromatic heterocycles. The molecule has 0 spiro atoms. The minimum Gasteiger partial charge on any atom is -0.467 e. The highest BCUT2D eigenvalue weighted by Gasteiger charge is 2.11. The Kier molecular flexibility index (Phi) is 4.49. The zero-order valence-corrected chi connectivity index (χ0v) is 14.1. The van der Waals surface area contributed by atoms with Gasteiger partial charge in [-0.25, -0.2) is 9.37 Å². The van der Waals surface area contributed by atoms with Crippen LogP contribution in [0.4, 0.5) is 4.39 Å². The van der Waals surface area contributed by atoms with Crippen LogP contribution in [0, 0.1) is 5.82 Å². The molecule has 0 radical (unpaired) electrons. The fourth-order valence-corrected chi connectivity index (χ4v) is 2.64. The lowest BCUT2D eigenvalue weighted by Crippen LogP contribution is -2.23. The number of aromatic amines is 1. The molecule has 1 aromatic carbocycles. The van der Waals surface area contributed by atoms with Gasteiger partial charge in [0.25, 0.3) is 5.91 Å². The van der Waals surface area contributed by atoms with Gasteiger partial charge in [-0.2, -0.15) is 5.10 Å². The van der Waals surface area contributed by atoms with E-state index < -0.39 is 0 Å². The number of pyridine rings is 1. The summed E-state index contributed by atoms with van der Waals surface area (Å²) in [6.45, 7) is 0.281. The Balaban J connectivity index is 1.56. The molecule has 134 valence electrons. The smallest absolute Gasteiger partial charge is 0.270 e. The Labute approximate surface area is 153 Å². The molecule has 0 aliphatic heterocycles. The number of nitrogens with one attached hydrogen (secondary N) is 2. The first-order chi connectivity index (χ1) is 13.2. The van der Waals surface area contributed by atoms with Crippen molar-refractivity contribution in [2.24, 2.45) is 0 Å². The zero-order valence-electron chi connectivity index (χ0n) is 14.1. The van der Waals surface area contributed by atoms with Gasteiger partial charge in [0.15, 0.2) is 0 Å². The van der Waals surface area contributed by atoms with E-state index >= 15 is 0 Å². The van der Waals surface area contributed by atoms with Gasteiger partial charge in [-0.3, -0.25) is 9.89 Å². The van der Waals surface area contributed by atoms with Gasteiger partial charge in [0, 0.05) is 5.39 Å². The minimum atomic E-state index is -0.311. The average molecular weight is 362 g/mol. The highest BCUT2D eigenvalue weighted by molar-refractivity contribution is 5.97. The largest absolute Gasteiger partial charge is 0.467 e. The molecule has 1 amide bonds. The van der Waals surface area contributed by atoms with E-state index in [1.54, 1.807) is 54.9 Å². The fraction of sp³-hybridized carbons (Fsp3) is 0.0500. The average Bonchev–Trinajstić information content (AvgIpc) is 3.34. The van der Waals surface area contributed by atoms with Gasteiger partial charge in [0.2, 0.25) is 0 Å². The first-order valence-electron chi connectivity index (χ1n) is 8.27. The molecule has 0 fully saturated rings. The topological polar surface area (TPSA) is 83.8 Å². The normalized spacial score (nSPS) is 11.3. The SMILES string of the molecule is O=C(NCc1ccco1)c1cc2c(C=Cc3cccc(F)c3)n[nH]c2cn1. The molecule has 7 heteroatoms. The van der Waals surface area contributed by atoms with Crippen molar-refractivity contribution in [3.8, 4) is 0 Å². The summed E-state index contributed by atoms with van der Waals surface area (Å²) in [5.41, 5.74) is 2.33. The van der Waals surface area contributed by atoms with Crippen molar-refractivity contribution in [3.63, 3.8) is 0 Å². The lowest BCUT2D eigenvalue weighted by molar-refractivity contribution is 0.0943. The van der Waals surface area contributed by atoms with Gasteiger partial charge in [0.05, 0.1) is 30.2 Å². The molecule has 0 unspecified atom stereocenters. The molecule has 0 aliphatic rings. The van der Waals surface area contributed by atoms with Crippen LogP contribution in [0.3, 0.4) is 0 Å². The second-order valence-corrected chi connectivity index (χ2v) is 5.87. The number of amides is 1. The predicted octanol–water partition coefficient (Wildman–Crippen LogP) is 3.79. The molecule has 0 saturated heterocycles. The second-order valence-electron chi connectivity index (χ2n) is 5.87. The summed E-state index contributed by atoms with van der Waals surface area (Å²) in [5.74, 6) is 0.0461. The quantitative estimate of drug-likeness (QED) is 0.566. The number of hydrogen-bond acceptors (Lipinski definition) is 4. The lowest BCUT2D eigenvalue weighted by Gasteiger charge is -2.02. The third kappa shape index (κ3) is 3.77. The van der Waals surface area contributed by atoms with Gasteiger partial charge < -0.3 is 9.73 Å². The zero-order chi connectivity index (χ0) is 18.6. The Bertz CT molecular complexity index is 1120. The highest BCUT2D eigenvalue weighted by Crippen LogP contribution is 2.19. The third-order valence-electron chi connectivity index (χ3n) is 3.99. The van der Waals surface area contributed by atoms with Gasteiger partial charge in [-0.15, -0.1) is 0 Å². The molecule has 0 saturated carbocycles. The van der Waals surface area contributed by atoms with E-state index in [-0.39, 0.29) is 24.0 Å². The maximum absolute atomic E-state index is 13.3. The molecule has 2 N–H and O–H groups in total. The molecular weight excluding hydrogens is 347 g/mol. The first-order valence-corrected chi connectivity index (χ1v) is 8.27. The van der Waals surface area contributed by atoms with E-state index in [1.165, 1.54) is 12.1 Å². The van der Waals surface area contributed by atoms with Crippen LogP contribution >= 0.6 is 0 Å². The number of furan rings is 1. The van der Waals surface area contributed by atoms with E-state index in [2.05, 4.69) is 20.5 Å². The maximum Gasteiger partial charge on any atom is 0.270 e. The first kappa shape index (κ1) is 16.7. The van der Waals surface area contributed by atoms with Crippen LogP contribution in [0.25, 0.3) is 23.1 Å². The Hall–Kier alpha value is -3.74. The van der Waals surface area contributed by atoms with Gasteiger partial charge in [0.1, 0.15) is 17.3 Å². The summed E-state index contributed by atoms with van der Waals surface area (Å²) < 4.78 is 18.5. The Morgan fingerprint density at radius 1 is 1.22 bits per heavy atom. The van der Waals surface area contributed by atoms with E-state index in [1.807, 2.05) is 0 Å². The monoisotopic (exact) mass is 362 g/mol. The number of carbonyl (C=O) groups excluding carboxylic acids is 1. The van der Waals surface area contributed by atoms with Crippen molar-refractivity contribution in [2.75, 3.05) is 0 Å². The highest BCUT2D eigenvalue weighted by atomic mass is 19.1. The van der Waals surface area contributed by atoms with Gasteiger partial charge >= 0.3 is 0 Å². The molecular formula is C20H15FN4O2. The molecule has 6 nitrogen and oxygen atoms in total. The molecule has 0 bridgehead atoms. The fourth-order valence-electron chi connectivity index (χ4n) is 2.64. The Morgan fingerprint density at radius 2 is 2.15 bits per heavy atom. The van der Waals surface area contributed by atoms with Crippen LogP contribution in [-0.4, -0.2) is 21.1 Å². The van der Waals surface area contributed by atoms with Crippen LogP contribution in [-0.2, 0) is 6.54 Å². The van der Waals surface area contributed by atoms with Crippen LogP contribution in [0.1, 0.15) is 27.5 Å². The van der Waals surface area contributed by atoms with Crippen LogP contribution in [0.2, 0.25) is 0 Å². The summed E-state index contributed by atoms with van der Waals surface area (Å²) >= 11 is 0. The van der Waals surface area contributed by atoms with Gasteiger partial charge in [-0.05, 0) is 42.0 Å². The predicted molar refractivity (Wildman–Crippen MR) is 99.1 cm³/mol. The third-order valence-corrected chi connectivity index (χ3v) is 3.99. The standard InChI is InChI=1S/C20H15FN4O2/c21-14-4-1-3-13(9-14)6-7-17-16-10-18(22-12-19(16)25-24-17)20(26)23-11-15-5-2-8-27-15/h1-10,12H,11H2,(H,23,26)(H,24,25). The number of aromatic nitrogens is 3. The van der Waals surface area contributed by atoms with Crippen molar-refractivity contribution in [1.82, 2.24) is 20.5 Å². The number of rotatable bonds is 5. The molecule has 4 rings (SSSR count). The van der Waals surface area contributed by atoms with E-state index in [0.29, 0.717) is 17.0 Å². The molecule has 0 atom stereocenters. The number of H-pyrrole nitrogens is 1. The summed E-state index contributed by atoms with van der Waals surface area (Å²) in [7, 11) is 0. The van der Waals surface area contributed by atoms with Crippen LogP contribution in [0.15, 0.2) is 59.3 Å². The number of carbonyl (C=O) groups is 1. The number of nitrogens with zero attached hydrogens (tertiary/aromatic N) is 2. The summed E-state index contributed by atoms with van der Waals surface area (Å²) in [6, 6.07) is 11.5. The van der Waals surface area contributed by atoms with Crippen LogP contribution < -0.4 is 5.32 Å². The van der Waals surface area contributed by atoms with Crippen LogP contribution in [0.5, 0.6) is 0 Å². The van der Waals surface area contributed by atoms with E-state index in [4.69, 9.17) is 4.42 Å². The minimum absolute atomic E-state index is 0.274. The summed E-state index contributed by atoms with van der Waals surface area (Å²) in [6.07, 6.45) is 6.63. The van der Waals surface area contributed by atoms with Crippen molar-refractivity contribution < 1.29 is 13.6 Å². The molecule has 27 heavy (non-hydrogen) atoms. The number of fused-ring (bicyclic) bond motifs is 1. The van der Waals surface area contributed by atoms with Crippen molar-refractivity contribution >= 4 is 29.0 Å². The maximum atomic E-state index is 13.3. The second kappa shape index (κ2) is 7.25. The Morgan fingerprint density at radius 3 is 2.96 bits per heavy atom. The van der Waals surface area contributed by atoms with E-state index in [0.717, 1.165) is 10.9 Å². The van der Waals surface area contributed by atoms with E-state index in [9.17, 15) is 9.18 Å². The lowest BCUT2D eigenvalue weighted by atomic mass is 10.1. The molecule has 0 aliphatic carbocycles. The number of halogens is 1. The molecule has 3 heterocycles. The van der Waals surface area contributed by atoms with Gasteiger partial charge in [-0.1, -0.05) is 18.2 Å². The van der Waals surface area contributed by atoms with Crippen molar-refractivity contribution in [3.05, 3.63) is 83.5 Å². The summed E-state index contributed by atoms with van der Waals surface area (Å²) in [5, 5.41) is 10.6.